The highest BCUT2D eigenvalue weighted by Gasteiger charge is 2.11. The summed E-state index contributed by atoms with van der Waals surface area (Å²) in [4.78, 5) is 0. The van der Waals surface area contributed by atoms with Crippen molar-refractivity contribution in [1.29, 1.82) is 0 Å². The van der Waals surface area contributed by atoms with Crippen LogP contribution in [0.15, 0.2) is 28.2 Å². The van der Waals surface area contributed by atoms with Crippen molar-refractivity contribution in [3.05, 3.63) is 33.8 Å². The molecule has 0 amide bonds. The molecule has 1 aromatic rings. The van der Waals surface area contributed by atoms with Crippen LogP contribution < -0.4 is 14.8 Å². The first-order valence-electron chi connectivity index (χ1n) is 6.17. The van der Waals surface area contributed by atoms with Crippen LogP contribution >= 0.6 is 27.5 Å². The van der Waals surface area contributed by atoms with E-state index in [2.05, 4.69) is 21.2 Å². The first-order valence-corrected chi connectivity index (χ1v) is 7.40. The lowest BCUT2D eigenvalue weighted by Crippen LogP contribution is -2.18. The van der Waals surface area contributed by atoms with Crippen LogP contribution in [0.2, 0.25) is 0 Å². The van der Waals surface area contributed by atoms with Gasteiger partial charge in [0.25, 0.3) is 0 Å². The number of nitrogens with one attached hydrogen (secondary N) is 1. The molecular weight excluding hydrogens is 346 g/mol. The van der Waals surface area contributed by atoms with Gasteiger partial charge >= 0.3 is 0 Å². The number of rotatable bonds is 9. The first kappa shape index (κ1) is 17.3. The van der Waals surface area contributed by atoms with Crippen molar-refractivity contribution in [2.75, 3.05) is 34.0 Å². The largest absolute Gasteiger partial charge is 0.493 e. The minimum Gasteiger partial charge on any atom is -0.493 e. The van der Waals surface area contributed by atoms with Crippen molar-refractivity contribution >= 4 is 27.5 Å². The van der Waals surface area contributed by atoms with Crippen LogP contribution in [0, 0.1) is 0 Å². The summed E-state index contributed by atoms with van der Waals surface area (Å²) in [6, 6.07) is 3.95. The summed E-state index contributed by atoms with van der Waals surface area (Å²) in [6.07, 6.45) is 1.72. The monoisotopic (exact) mass is 363 g/mol. The van der Waals surface area contributed by atoms with E-state index in [0.717, 1.165) is 23.1 Å². The summed E-state index contributed by atoms with van der Waals surface area (Å²) in [5.41, 5.74) is 2.53. The van der Waals surface area contributed by atoms with Crippen molar-refractivity contribution in [2.24, 2.45) is 0 Å². The van der Waals surface area contributed by atoms with Crippen molar-refractivity contribution < 1.29 is 14.2 Å². The van der Waals surface area contributed by atoms with Gasteiger partial charge in [0.2, 0.25) is 0 Å². The van der Waals surface area contributed by atoms with Crippen LogP contribution in [0.1, 0.15) is 5.56 Å². The van der Waals surface area contributed by atoms with Crippen molar-refractivity contribution in [2.45, 2.75) is 6.54 Å². The van der Waals surface area contributed by atoms with Crippen molar-refractivity contribution in [1.82, 2.24) is 5.32 Å². The molecule has 0 saturated heterocycles. The van der Waals surface area contributed by atoms with Gasteiger partial charge in [-0.15, -0.1) is 0 Å². The average molecular weight is 365 g/mol. The number of halogens is 2. The van der Waals surface area contributed by atoms with Crippen LogP contribution in [-0.2, 0) is 11.3 Å². The van der Waals surface area contributed by atoms with Gasteiger partial charge in [0.1, 0.15) is 6.61 Å². The topological polar surface area (TPSA) is 39.7 Å². The molecule has 0 radical (unpaired) electrons. The number of hydrogen-bond donors (Lipinski definition) is 1. The van der Waals surface area contributed by atoms with Crippen LogP contribution in [0.3, 0.4) is 0 Å². The van der Waals surface area contributed by atoms with E-state index in [0.29, 0.717) is 24.7 Å². The van der Waals surface area contributed by atoms with Crippen LogP contribution in [0.25, 0.3) is 0 Å². The molecule has 0 saturated carbocycles. The van der Waals surface area contributed by atoms with E-state index in [9.17, 15) is 0 Å². The molecule has 4 nitrogen and oxygen atoms in total. The first-order chi connectivity index (χ1) is 9.72. The fourth-order valence-electron chi connectivity index (χ4n) is 1.59. The molecule has 0 aliphatic heterocycles. The van der Waals surface area contributed by atoms with E-state index >= 15 is 0 Å². The van der Waals surface area contributed by atoms with E-state index in [1.165, 1.54) is 5.54 Å². The van der Waals surface area contributed by atoms with Gasteiger partial charge in [-0.3, -0.25) is 0 Å². The molecule has 6 heteroatoms. The predicted octanol–water partition coefficient (Wildman–Crippen LogP) is 3.33. The average Bonchev–Trinajstić information content (AvgIpc) is 2.45. The predicted molar refractivity (Wildman–Crippen MR) is 84.8 cm³/mol. The summed E-state index contributed by atoms with van der Waals surface area (Å²) >= 11 is 8.97. The Balaban J connectivity index is 2.73. The highest BCUT2D eigenvalue weighted by molar-refractivity contribution is 9.10. The molecule has 0 aromatic heterocycles. The van der Waals surface area contributed by atoms with E-state index in [4.69, 9.17) is 25.8 Å². The minimum absolute atomic E-state index is 0.393. The van der Waals surface area contributed by atoms with Gasteiger partial charge in [-0.2, -0.15) is 0 Å². The Morgan fingerprint density at radius 1 is 1.35 bits per heavy atom. The Kier molecular flexibility index (Phi) is 8.69. The maximum atomic E-state index is 5.61. The third kappa shape index (κ3) is 5.71. The van der Waals surface area contributed by atoms with Gasteiger partial charge in [0.05, 0.1) is 18.2 Å². The molecule has 1 N–H and O–H groups in total. The summed E-state index contributed by atoms with van der Waals surface area (Å²) in [5, 5.41) is 3.28. The van der Waals surface area contributed by atoms with E-state index in [1.807, 2.05) is 12.1 Å². The summed E-state index contributed by atoms with van der Waals surface area (Å²) in [6.45, 7) is 2.61. The fraction of sp³-hybridized carbons (Fsp3) is 0.429. The summed E-state index contributed by atoms with van der Waals surface area (Å²) in [7, 11) is 3.30. The van der Waals surface area contributed by atoms with Crippen LogP contribution in [0.4, 0.5) is 0 Å². The smallest absolute Gasteiger partial charge is 0.175 e. The third-order valence-corrected chi connectivity index (χ3v) is 3.28. The molecular formula is C14H19BrClNO3. The number of hydrogen-bond acceptors (Lipinski definition) is 4. The lowest BCUT2D eigenvalue weighted by molar-refractivity contribution is 0.199. The van der Waals surface area contributed by atoms with E-state index in [1.54, 1.807) is 20.3 Å². The third-order valence-electron chi connectivity index (χ3n) is 2.51. The minimum atomic E-state index is 0.393. The molecule has 0 heterocycles. The second-order valence-electron chi connectivity index (χ2n) is 3.95. The molecule has 0 atom stereocenters. The second kappa shape index (κ2) is 10.0. The molecule has 0 fully saturated rings. The molecule has 20 heavy (non-hydrogen) atoms. The van der Waals surface area contributed by atoms with E-state index < -0.39 is 0 Å². The molecule has 0 aliphatic rings. The van der Waals surface area contributed by atoms with Gasteiger partial charge in [-0.25, -0.2) is 0 Å². The summed E-state index contributed by atoms with van der Waals surface area (Å²) in [5.74, 6) is 1.36. The molecule has 0 bridgehead atoms. The SMILES string of the molecule is COCCNCc1cc(Br)c(OCC=CCl)c(OC)c1. The normalized spacial score (nSPS) is 11.0. The zero-order chi connectivity index (χ0) is 14.8. The Bertz CT molecular complexity index is 441. The summed E-state index contributed by atoms with van der Waals surface area (Å²) < 4.78 is 16.8. The molecule has 1 rings (SSSR count). The molecule has 0 spiro atoms. The lowest BCUT2D eigenvalue weighted by atomic mass is 10.2. The highest BCUT2D eigenvalue weighted by atomic mass is 79.9. The Morgan fingerprint density at radius 2 is 2.15 bits per heavy atom. The fourth-order valence-corrected chi connectivity index (χ4v) is 2.27. The highest BCUT2D eigenvalue weighted by Crippen LogP contribution is 2.36. The Morgan fingerprint density at radius 3 is 2.80 bits per heavy atom. The van der Waals surface area contributed by atoms with E-state index in [-0.39, 0.29) is 0 Å². The lowest BCUT2D eigenvalue weighted by Gasteiger charge is -2.14. The molecule has 112 valence electrons. The van der Waals surface area contributed by atoms with Gasteiger partial charge < -0.3 is 19.5 Å². The number of ether oxygens (including phenoxy) is 3. The number of benzene rings is 1. The molecule has 0 unspecified atom stereocenters. The van der Waals surface area contributed by atoms with Crippen LogP contribution in [-0.4, -0.2) is 34.0 Å². The van der Waals surface area contributed by atoms with Gasteiger partial charge in [0.15, 0.2) is 11.5 Å². The molecule has 1 aromatic carbocycles. The van der Waals surface area contributed by atoms with Crippen molar-refractivity contribution in [3.8, 4) is 11.5 Å². The van der Waals surface area contributed by atoms with Crippen molar-refractivity contribution in [3.63, 3.8) is 0 Å². The molecule has 0 aliphatic carbocycles. The Labute approximate surface area is 133 Å². The quantitative estimate of drug-likeness (QED) is 0.682. The zero-order valence-corrected chi connectivity index (χ0v) is 14.0. The second-order valence-corrected chi connectivity index (χ2v) is 5.06. The maximum Gasteiger partial charge on any atom is 0.175 e. The van der Waals surface area contributed by atoms with Gasteiger partial charge in [0, 0.05) is 25.7 Å². The van der Waals surface area contributed by atoms with Gasteiger partial charge in [-0.1, -0.05) is 11.6 Å². The Hall–Kier alpha value is -0.750. The van der Waals surface area contributed by atoms with Crippen LogP contribution in [0.5, 0.6) is 11.5 Å². The number of methoxy groups -OCH3 is 2. The zero-order valence-electron chi connectivity index (χ0n) is 11.6. The maximum absolute atomic E-state index is 5.61. The van der Waals surface area contributed by atoms with Gasteiger partial charge in [-0.05, 0) is 39.7 Å². The standard InChI is InChI=1S/C14H19BrClNO3/c1-18-7-5-17-10-11-8-12(15)14(13(9-11)19-2)20-6-3-4-16/h3-4,8-9,17H,5-7,10H2,1-2H3.